The van der Waals surface area contributed by atoms with E-state index >= 15 is 0 Å². The van der Waals surface area contributed by atoms with Gasteiger partial charge in [0.25, 0.3) is 0 Å². The zero-order valence-electron chi connectivity index (χ0n) is 9.87. The van der Waals surface area contributed by atoms with Gasteiger partial charge in [-0.2, -0.15) is 12.6 Å². The van der Waals surface area contributed by atoms with Crippen molar-refractivity contribution in [1.82, 2.24) is 4.90 Å². The second kappa shape index (κ2) is 5.42. The number of hydrogen-bond acceptors (Lipinski definition) is 3. The van der Waals surface area contributed by atoms with Crippen LogP contribution in [0.5, 0.6) is 5.75 Å². The van der Waals surface area contributed by atoms with Gasteiger partial charge in [0.1, 0.15) is 5.75 Å². The van der Waals surface area contributed by atoms with Gasteiger partial charge in [0.15, 0.2) is 0 Å². The van der Waals surface area contributed by atoms with Crippen molar-refractivity contribution in [3.8, 4) is 5.75 Å². The topological polar surface area (TPSA) is 12.5 Å². The SMILES string of the molecule is COc1cc(C)c(C)cc1CN(C)CS. The molecule has 0 fully saturated rings. The average Bonchev–Trinajstić information content (AvgIpc) is 2.22. The van der Waals surface area contributed by atoms with Crippen LogP contribution in [0.1, 0.15) is 16.7 Å². The normalized spacial score (nSPS) is 10.8. The van der Waals surface area contributed by atoms with Crippen molar-refractivity contribution in [3.05, 3.63) is 28.8 Å². The Morgan fingerprint density at radius 2 is 1.87 bits per heavy atom. The summed E-state index contributed by atoms with van der Waals surface area (Å²) < 4.78 is 5.37. The van der Waals surface area contributed by atoms with E-state index in [4.69, 9.17) is 4.74 Å². The summed E-state index contributed by atoms with van der Waals surface area (Å²) in [6.45, 7) is 5.09. The van der Waals surface area contributed by atoms with Gasteiger partial charge in [-0.1, -0.05) is 6.07 Å². The van der Waals surface area contributed by atoms with Crippen LogP contribution in [0.25, 0.3) is 0 Å². The Hall–Kier alpha value is -0.670. The smallest absolute Gasteiger partial charge is 0.123 e. The van der Waals surface area contributed by atoms with Crippen LogP contribution in [-0.2, 0) is 6.54 Å². The van der Waals surface area contributed by atoms with Crippen molar-refractivity contribution in [1.29, 1.82) is 0 Å². The predicted octanol–water partition coefficient (Wildman–Crippen LogP) is 2.63. The fourth-order valence-electron chi connectivity index (χ4n) is 1.50. The van der Waals surface area contributed by atoms with Crippen LogP contribution in [0, 0.1) is 13.8 Å². The Balaban J connectivity index is 2.99. The third-order valence-corrected chi connectivity index (χ3v) is 3.06. The number of ether oxygens (including phenoxy) is 1. The van der Waals surface area contributed by atoms with Gasteiger partial charge in [0, 0.05) is 18.0 Å². The third-order valence-electron chi connectivity index (χ3n) is 2.58. The molecule has 1 aromatic carbocycles. The summed E-state index contributed by atoms with van der Waals surface area (Å²) in [5.74, 6) is 1.71. The number of thiol groups is 1. The Morgan fingerprint density at radius 1 is 1.27 bits per heavy atom. The monoisotopic (exact) mass is 225 g/mol. The Kier molecular flexibility index (Phi) is 4.48. The van der Waals surface area contributed by atoms with Gasteiger partial charge in [-0.15, -0.1) is 0 Å². The molecule has 0 saturated heterocycles. The maximum atomic E-state index is 5.37. The molecule has 0 heterocycles. The molecule has 0 bridgehead atoms. The highest BCUT2D eigenvalue weighted by Crippen LogP contribution is 2.24. The molecule has 2 nitrogen and oxygen atoms in total. The molecule has 0 atom stereocenters. The molecule has 0 saturated carbocycles. The van der Waals surface area contributed by atoms with E-state index in [2.05, 4.69) is 43.5 Å². The van der Waals surface area contributed by atoms with Gasteiger partial charge in [-0.3, -0.25) is 4.90 Å². The number of hydrogen-bond donors (Lipinski definition) is 1. The minimum atomic E-state index is 0.746. The summed E-state index contributed by atoms with van der Waals surface area (Å²) in [5.41, 5.74) is 3.79. The van der Waals surface area contributed by atoms with Gasteiger partial charge in [0.05, 0.1) is 7.11 Å². The summed E-state index contributed by atoms with van der Waals surface area (Å²) in [7, 11) is 3.76. The zero-order valence-corrected chi connectivity index (χ0v) is 10.8. The van der Waals surface area contributed by atoms with Crippen molar-refractivity contribution in [2.24, 2.45) is 0 Å². The van der Waals surface area contributed by atoms with Crippen molar-refractivity contribution in [2.45, 2.75) is 20.4 Å². The van der Waals surface area contributed by atoms with E-state index in [1.165, 1.54) is 16.7 Å². The second-order valence-corrected chi connectivity index (χ2v) is 4.19. The number of aryl methyl sites for hydroxylation is 2. The van der Waals surface area contributed by atoms with Gasteiger partial charge in [-0.25, -0.2) is 0 Å². The molecule has 1 rings (SSSR count). The van der Waals surface area contributed by atoms with Gasteiger partial charge in [-0.05, 0) is 38.1 Å². The first-order chi connectivity index (χ1) is 7.08. The van der Waals surface area contributed by atoms with E-state index < -0.39 is 0 Å². The molecular formula is C12H19NOS. The van der Waals surface area contributed by atoms with Crippen LogP contribution in [0.3, 0.4) is 0 Å². The molecule has 0 spiro atoms. The third kappa shape index (κ3) is 3.14. The first kappa shape index (κ1) is 12.4. The fourth-order valence-corrected chi connectivity index (χ4v) is 1.60. The number of methoxy groups -OCH3 is 1. The molecule has 3 heteroatoms. The standard InChI is InChI=1S/C12H19NOS/c1-9-5-11(7-13(3)8-15)12(14-4)6-10(9)2/h5-6,15H,7-8H2,1-4H3. The molecule has 84 valence electrons. The number of rotatable bonds is 4. The lowest BCUT2D eigenvalue weighted by Crippen LogP contribution is -2.16. The van der Waals surface area contributed by atoms with Crippen LogP contribution in [0.4, 0.5) is 0 Å². The fraction of sp³-hybridized carbons (Fsp3) is 0.500. The number of nitrogens with zero attached hydrogens (tertiary/aromatic N) is 1. The summed E-state index contributed by atoms with van der Waals surface area (Å²) in [6.07, 6.45) is 0. The van der Waals surface area contributed by atoms with Crippen molar-refractivity contribution < 1.29 is 4.74 Å². The van der Waals surface area contributed by atoms with E-state index in [9.17, 15) is 0 Å². The molecule has 0 aliphatic heterocycles. The van der Waals surface area contributed by atoms with Gasteiger partial charge < -0.3 is 4.74 Å². The summed E-state index contributed by atoms with van der Waals surface area (Å²) >= 11 is 4.24. The molecule has 0 aliphatic carbocycles. The zero-order chi connectivity index (χ0) is 11.4. The minimum Gasteiger partial charge on any atom is -0.496 e. The first-order valence-corrected chi connectivity index (χ1v) is 5.65. The van der Waals surface area contributed by atoms with Gasteiger partial charge >= 0.3 is 0 Å². The lowest BCUT2D eigenvalue weighted by atomic mass is 10.0. The summed E-state index contributed by atoms with van der Waals surface area (Å²) in [5, 5.41) is 0. The minimum absolute atomic E-state index is 0.746. The molecule has 0 aliphatic rings. The summed E-state index contributed by atoms with van der Waals surface area (Å²) in [6, 6.07) is 4.28. The predicted molar refractivity (Wildman–Crippen MR) is 67.8 cm³/mol. The van der Waals surface area contributed by atoms with Crippen LogP contribution in [0.2, 0.25) is 0 Å². The van der Waals surface area contributed by atoms with Crippen LogP contribution < -0.4 is 4.74 Å². The van der Waals surface area contributed by atoms with Gasteiger partial charge in [0.2, 0.25) is 0 Å². The molecule has 0 N–H and O–H groups in total. The number of benzene rings is 1. The first-order valence-electron chi connectivity index (χ1n) is 5.02. The van der Waals surface area contributed by atoms with E-state index in [0.29, 0.717) is 0 Å². The summed E-state index contributed by atoms with van der Waals surface area (Å²) in [4.78, 5) is 2.13. The molecule has 0 unspecified atom stereocenters. The van der Waals surface area contributed by atoms with E-state index in [1.807, 2.05) is 7.05 Å². The lowest BCUT2D eigenvalue weighted by molar-refractivity contribution is 0.363. The Labute approximate surface area is 97.6 Å². The maximum Gasteiger partial charge on any atom is 0.123 e. The Bertz CT molecular complexity index is 339. The molecule has 0 amide bonds. The quantitative estimate of drug-likeness (QED) is 0.625. The highest BCUT2D eigenvalue weighted by molar-refractivity contribution is 7.80. The molecular weight excluding hydrogens is 206 g/mol. The van der Waals surface area contributed by atoms with Crippen LogP contribution in [-0.4, -0.2) is 24.9 Å². The largest absolute Gasteiger partial charge is 0.496 e. The second-order valence-electron chi connectivity index (χ2n) is 3.90. The lowest BCUT2D eigenvalue weighted by Gasteiger charge is -2.17. The molecule has 0 radical (unpaired) electrons. The Morgan fingerprint density at radius 3 is 2.40 bits per heavy atom. The molecule has 15 heavy (non-hydrogen) atoms. The van der Waals surface area contributed by atoms with Crippen molar-refractivity contribution in [3.63, 3.8) is 0 Å². The highest BCUT2D eigenvalue weighted by Gasteiger charge is 2.07. The van der Waals surface area contributed by atoms with Crippen LogP contribution >= 0.6 is 12.6 Å². The molecule has 1 aromatic rings. The maximum absolute atomic E-state index is 5.37. The average molecular weight is 225 g/mol. The van der Waals surface area contributed by atoms with E-state index in [1.54, 1.807) is 7.11 Å². The van der Waals surface area contributed by atoms with Crippen molar-refractivity contribution >= 4 is 12.6 Å². The highest BCUT2D eigenvalue weighted by atomic mass is 32.1. The van der Waals surface area contributed by atoms with Crippen molar-refractivity contribution in [2.75, 3.05) is 20.0 Å². The van der Waals surface area contributed by atoms with Crippen LogP contribution in [0.15, 0.2) is 12.1 Å². The van der Waals surface area contributed by atoms with E-state index in [0.717, 1.165) is 18.2 Å². The van der Waals surface area contributed by atoms with E-state index in [-0.39, 0.29) is 0 Å². The molecule has 0 aromatic heterocycles.